The third kappa shape index (κ3) is 3.11. The minimum Gasteiger partial charge on any atom is -0.224 e. The molecule has 16 heavy (non-hydrogen) atoms. The Kier molecular flexibility index (Phi) is 4.20. The third-order valence-electron chi connectivity index (χ3n) is 1.92. The third-order valence-corrected chi connectivity index (χ3v) is 4.54. The van der Waals surface area contributed by atoms with Gasteiger partial charge in [-0.3, -0.25) is 0 Å². The smallest absolute Gasteiger partial charge is 0.181 e. The van der Waals surface area contributed by atoms with Crippen LogP contribution in [0.1, 0.15) is 6.92 Å². The van der Waals surface area contributed by atoms with Crippen LogP contribution in [-0.4, -0.2) is 14.2 Å². The average molecular weight is 278 g/mol. The molecule has 0 saturated heterocycles. The average Bonchev–Trinajstić information content (AvgIpc) is 2.20. The molecule has 0 aromatic heterocycles. The quantitative estimate of drug-likeness (QED) is 0.854. The standard InChI is InChI=1S/C10H9Cl2NO2S/c1-7(5-13)6-16(14,15)10-4-8(11)2-3-9(10)12/h2-4,7H,6H2,1H3. The molecule has 0 fully saturated rings. The molecule has 1 aromatic rings. The van der Waals surface area contributed by atoms with E-state index in [2.05, 4.69) is 0 Å². The van der Waals surface area contributed by atoms with Crippen LogP contribution in [0.25, 0.3) is 0 Å². The Morgan fingerprint density at radius 3 is 2.62 bits per heavy atom. The van der Waals surface area contributed by atoms with Crippen LogP contribution in [0.3, 0.4) is 0 Å². The first kappa shape index (κ1) is 13.3. The van der Waals surface area contributed by atoms with Gasteiger partial charge >= 0.3 is 0 Å². The summed E-state index contributed by atoms with van der Waals surface area (Å²) < 4.78 is 23.8. The van der Waals surface area contributed by atoms with Crippen molar-refractivity contribution in [1.29, 1.82) is 5.26 Å². The van der Waals surface area contributed by atoms with E-state index in [0.29, 0.717) is 5.02 Å². The molecule has 0 saturated carbocycles. The lowest BCUT2D eigenvalue weighted by molar-refractivity contribution is 0.589. The van der Waals surface area contributed by atoms with Gasteiger partial charge < -0.3 is 0 Å². The Labute approximate surface area is 105 Å². The zero-order valence-electron chi connectivity index (χ0n) is 8.44. The largest absolute Gasteiger partial charge is 0.224 e. The Hall–Kier alpha value is -0.760. The topological polar surface area (TPSA) is 57.9 Å². The predicted octanol–water partition coefficient (Wildman–Crippen LogP) is 2.93. The Balaban J connectivity index is 3.18. The summed E-state index contributed by atoms with van der Waals surface area (Å²) in [7, 11) is -3.56. The van der Waals surface area contributed by atoms with Gasteiger partial charge in [0, 0.05) is 5.02 Å². The van der Waals surface area contributed by atoms with Crippen molar-refractivity contribution >= 4 is 33.0 Å². The second-order valence-electron chi connectivity index (χ2n) is 3.39. The maximum Gasteiger partial charge on any atom is 0.181 e. The first-order valence-corrected chi connectivity index (χ1v) is 6.85. The SMILES string of the molecule is CC(C#N)CS(=O)(=O)c1cc(Cl)ccc1Cl. The number of hydrogen-bond donors (Lipinski definition) is 0. The summed E-state index contributed by atoms with van der Waals surface area (Å²) in [6, 6.07) is 6.10. The highest BCUT2D eigenvalue weighted by molar-refractivity contribution is 7.91. The van der Waals surface area contributed by atoms with E-state index in [1.807, 2.05) is 6.07 Å². The van der Waals surface area contributed by atoms with Gasteiger partial charge in [-0.05, 0) is 25.1 Å². The van der Waals surface area contributed by atoms with Gasteiger partial charge in [-0.15, -0.1) is 0 Å². The summed E-state index contributed by atoms with van der Waals surface area (Å²) in [6.07, 6.45) is 0. The van der Waals surface area contributed by atoms with Gasteiger partial charge in [0.2, 0.25) is 0 Å². The lowest BCUT2D eigenvalue weighted by Gasteiger charge is -2.07. The monoisotopic (exact) mass is 277 g/mol. The second-order valence-corrected chi connectivity index (χ2v) is 6.23. The minimum absolute atomic E-state index is 0.0243. The molecule has 3 nitrogen and oxygen atoms in total. The van der Waals surface area contributed by atoms with Crippen LogP contribution < -0.4 is 0 Å². The summed E-state index contributed by atoms with van der Waals surface area (Å²) >= 11 is 11.5. The molecule has 0 bridgehead atoms. The minimum atomic E-state index is -3.56. The fraction of sp³-hybridized carbons (Fsp3) is 0.300. The fourth-order valence-electron chi connectivity index (χ4n) is 1.17. The first-order chi connectivity index (χ1) is 7.36. The zero-order chi connectivity index (χ0) is 12.3. The molecule has 0 aliphatic rings. The number of nitrogens with zero attached hydrogens (tertiary/aromatic N) is 1. The lowest BCUT2D eigenvalue weighted by Crippen LogP contribution is -2.13. The van der Waals surface area contributed by atoms with E-state index in [9.17, 15) is 8.42 Å². The molecule has 0 aliphatic carbocycles. The molecule has 1 unspecified atom stereocenters. The van der Waals surface area contributed by atoms with E-state index in [1.54, 1.807) is 0 Å². The van der Waals surface area contributed by atoms with E-state index in [1.165, 1.54) is 25.1 Å². The summed E-state index contributed by atoms with van der Waals surface area (Å²) in [5.41, 5.74) is 0. The molecule has 1 aromatic carbocycles. The van der Waals surface area contributed by atoms with Gasteiger partial charge in [-0.25, -0.2) is 8.42 Å². The molecule has 1 atom stereocenters. The molecular weight excluding hydrogens is 269 g/mol. The van der Waals surface area contributed by atoms with E-state index in [-0.39, 0.29) is 15.7 Å². The maximum absolute atomic E-state index is 11.9. The van der Waals surface area contributed by atoms with Crippen molar-refractivity contribution < 1.29 is 8.42 Å². The summed E-state index contributed by atoms with van der Waals surface area (Å²) in [4.78, 5) is -0.0243. The maximum atomic E-state index is 11.9. The van der Waals surface area contributed by atoms with Crippen LogP contribution in [0.5, 0.6) is 0 Å². The molecular formula is C10H9Cl2NO2S. The van der Waals surface area contributed by atoms with Crippen molar-refractivity contribution in [3.8, 4) is 6.07 Å². The van der Waals surface area contributed by atoms with Crippen LogP contribution in [0.15, 0.2) is 23.1 Å². The zero-order valence-corrected chi connectivity index (χ0v) is 10.8. The van der Waals surface area contributed by atoms with Crippen molar-refractivity contribution in [3.05, 3.63) is 28.2 Å². The molecule has 0 aliphatic heterocycles. The molecule has 0 N–H and O–H groups in total. The highest BCUT2D eigenvalue weighted by atomic mass is 35.5. The van der Waals surface area contributed by atoms with Gasteiger partial charge in [-0.1, -0.05) is 23.2 Å². The number of benzene rings is 1. The molecule has 86 valence electrons. The first-order valence-electron chi connectivity index (χ1n) is 4.44. The number of halogens is 2. The van der Waals surface area contributed by atoms with Crippen LogP contribution in [-0.2, 0) is 9.84 Å². The van der Waals surface area contributed by atoms with Crippen molar-refractivity contribution in [2.24, 2.45) is 5.92 Å². The summed E-state index contributed by atoms with van der Waals surface area (Å²) in [5, 5.41) is 9.01. The van der Waals surface area contributed by atoms with Gasteiger partial charge in [0.05, 0.1) is 27.7 Å². The van der Waals surface area contributed by atoms with Gasteiger partial charge in [0.15, 0.2) is 9.84 Å². The van der Waals surface area contributed by atoms with E-state index < -0.39 is 15.8 Å². The Morgan fingerprint density at radius 1 is 1.44 bits per heavy atom. The normalized spacial score (nSPS) is 13.1. The van der Waals surface area contributed by atoms with Crippen molar-refractivity contribution in [2.75, 3.05) is 5.75 Å². The van der Waals surface area contributed by atoms with Crippen molar-refractivity contribution in [3.63, 3.8) is 0 Å². The number of hydrogen-bond acceptors (Lipinski definition) is 3. The summed E-state index contributed by atoms with van der Waals surface area (Å²) in [6.45, 7) is 1.54. The van der Waals surface area contributed by atoms with E-state index >= 15 is 0 Å². The van der Waals surface area contributed by atoms with Crippen LogP contribution >= 0.6 is 23.2 Å². The predicted molar refractivity (Wildman–Crippen MR) is 63.3 cm³/mol. The lowest BCUT2D eigenvalue weighted by atomic mass is 10.3. The van der Waals surface area contributed by atoms with Crippen molar-refractivity contribution in [2.45, 2.75) is 11.8 Å². The molecule has 6 heteroatoms. The highest BCUT2D eigenvalue weighted by Crippen LogP contribution is 2.26. The summed E-state index contributed by atoms with van der Waals surface area (Å²) in [5.74, 6) is -0.844. The van der Waals surface area contributed by atoms with E-state index in [4.69, 9.17) is 28.5 Å². The number of rotatable bonds is 3. The molecule has 0 radical (unpaired) electrons. The van der Waals surface area contributed by atoms with Crippen molar-refractivity contribution in [1.82, 2.24) is 0 Å². The second kappa shape index (κ2) is 5.05. The number of sulfone groups is 1. The molecule has 1 rings (SSSR count). The van der Waals surface area contributed by atoms with Gasteiger partial charge in [0.1, 0.15) is 0 Å². The van der Waals surface area contributed by atoms with Gasteiger partial charge in [0.25, 0.3) is 0 Å². The fourth-order valence-corrected chi connectivity index (χ4v) is 3.46. The van der Waals surface area contributed by atoms with Gasteiger partial charge in [-0.2, -0.15) is 5.26 Å². The van der Waals surface area contributed by atoms with Crippen LogP contribution in [0.2, 0.25) is 10.0 Å². The van der Waals surface area contributed by atoms with Crippen LogP contribution in [0, 0.1) is 17.2 Å². The highest BCUT2D eigenvalue weighted by Gasteiger charge is 2.21. The molecule has 0 heterocycles. The Morgan fingerprint density at radius 2 is 2.06 bits per heavy atom. The Bertz CT molecular complexity index is 534. The van der Waals surface area contributed by atoms with E-state index in [0.717, 1.165) is 0 Å². The number of nitriles is 1. The van der Waals surface area contributed by atoms with Crippen LogP contribution in [0.4, 0.5) is 0 Å². The molecule has 0 spiro atoms. The molecule has 0 amide bonds.